The van der Waals surface area contributed by atoms with Crippen LogP contribution in [0.4, 0.5) is 0 Å². The van der Waals surface area contributed by atoms with Gasteiger partial charge in [0.05, 0.1) is 6.61 Å². The second-order valence-corrected chi connectivity index (χ2v) is 4.22. The lowest BCUT2D eigenvalue weighted by atomic mass is 9.91. The zero-order valence-electron chi connectivity index (χ0n) is 11.2. The quantitative estimate of drug-likeness (QED) is 0.494. The monoisotopic (exact) mass is 263 g/mol. The van der Waals surface area contributed by atoms with E-state index in [0.717, 1.165) is 0 Å². The average molecular weight is 263 g/mol. The molecule has 0 bridgehead atoms. The fourth-order valence-electron chi connectivity index (χ4n) is 1.71. The lowest BCUT2D eigenvalue weighted by Gasteiger charge is -2.26. The summed E-state index contributed by atoms with van der Waals surface area (Å²) in [5.74, 6) is -1.74. The molecule has 0 spiro atoms. The van der Waals surface area contributed by atoms with E-state index in [4.69, 9.17) is 4.74 Å². The average Bonchev–Trinajstić information content (AvgIpc) is 2.38. The number of hydrogen-bond donors (Lipinski definition) is 1. The molecule has 5 nitrogen and oxygen atoms in total. The molecule has 0 aromatic heterocycles. The first-order chi connectivity index (χ1) is 8.91. The predicted octanol–water partition coefficient (Wildman–Crippen LogP) is 1.33. The topological polar surface area (TPSA) is 72.5 Å². The summed E-state index contributed by atoms with van der Waals surface area (Å²) in [5, 5.41) is 2.38. The van der Waals surface area contributed by atoms with Crippen molar-refractivity contribution in [2.45, 2.75) is 26.3 Å². The van der Waals surface area contributed by atoms with Crippen LogP contribution in [-0.2, 0) is 14.3 Å². The van der Waals surface area contributed by atoms with Crippen LogP contribution in [0.3, 0.4) is 0 Å². The maximum Gasteiger partial charge on any atom is 0.339 e. The fraction of sp³-hybridized carbons (Fsp3) is 0.357. The molecule has 1 atom stereocenters. The van der Waals surface area contributed by atoms with Gasteiger partial charge in [0, 0.05) is 12.5 Å². The molecule has 1 amide bonds. The number of benzene rings is 1. The molecule has 0 heterocycles. The van der Waals surface area contributed by atoms with Gasteiger partial charge in [-0.25, -0.2) is 4.79 Å². The molecule has 0 aliphatic rings. The molecule has 1 aromatic rings. The van der Waals surface area contributed by atoms with E-state index in [2.05, 4.69) is 5.32 Å². The van der Waals surface area contributed by atoms with Crippen molar-refractivity contribution >= 4 is 17.7 Å². The first-order valence-electron chi connectivity index (χ1n) is 5.97. The lowest BCUT2D eigenvalue weighted by molar-refractivity contribution is -0.150. The van der Waals surface area contributed by atoms with E-state index in [-0.39, 0.29) is 6.61 Å². The summed E-state index contributed by atoms with van der Waals surface area (Å²) in [5.41, 5.74) is -1.37. The zero-order chi connectivity index (χ0) is 14.5. The standard InChI is InChI=1S/C14H17NO4/c1-4-19-13(18)14(3,15-10(2)16)12(17)11-8-6-5-7-9-11/h5-9H,4H2,1-3H3,(H,15,16). The van der Waals surface area contributed by atoms with Crippen LogP contribution in [0.1, 0.15) is 31.1 Å². The van der Waals surface area contributed by atoms with E-state index in [0.29, 0.717) is 5.56 Å². The maximum atomic E-state index is 12.4. The van der Waals surface area contributed by atoms with Crippen LogP contribution in [0.5, 0.6) is 0 Å². The number of Topliss-reactive ketones (excluding diaryl/α,β-unsaturated/α-hetero) is 1. The Kier molecular flexibility index (Phi) is 4.80. The predicted molar refractivity (Wildman–Crippen MR) is 69.6 cm³/mol. The van der Waals surface area contributed by atoms with Crippen LogP contribution >= 0.6 is 0 Å². The van der Waals surface area contributed by atoms with Gasteiger partial charge in [0.2, 0.25) is 5.91 Å². The Bertz CT molecular complexity index is 483. The fourth-order valence-corrected chi connectivity index (χ4v) is 1.71. The van der Waals surface area contributed by atoms with Crippen LogP contribution in [0, 0.1) is 0 Å². The molecular weight excluding hydrogens is 246 g/mol. The number of nitrogens with one attached hydrogen (secondary N) is 1. The van der Waals surface area contributed by atoms with Crippen LogP contribution in [0.2, 0.25) is 0 Å². The molecule has 0 aliphatic heterocycles. The summed E-state index contributed by atoms with van der Waals surface area (Å²) in [4.78, 5) is 35.6. The minimum absolute atomic E-state index is 0.135. The van der Waals surface area contributed by atoms with Crippen molar-refractivity contribution in [3.05, 3.63) is 35.9 Å². The molecule has 1 rings (SSSR count). The third-order valence-electron chi connectivity index (χ3n) is 2.60. The molecule has 0 aliphatic carbocycles. The van der Waals surface area contributed by atoms with Gasteiger partial charge in [-0.2, -0.15) is 0 Å². The van der Waals surface area contributed by atoms with Crippen LogP contribution in [0.15, 0.2) is 30.3 Å². The van der Waals surface area contributed by atoms with E-state index in [9.17, 15) is 14.4 Å². The van der Waals surface area contributed by atoms with Crippen LogP contribution in [-0.4, -0.2) is 29.8 Å². The molecule has 0 radical (unpaired) electrons. The number of hydrogen-bond acceptors (Lipinski definition) is 4. The lowest BCUT2D eigenvalue weighted by Crippen LogP contribution is -2.58. The van der Waals surface area contributed by atoms with Crippen molar-refractivity contribution in [1.82, 2.24) is 5.32 Å². The number of amides is 1. The summed E-state index contributed by atoms with van der Waals surface area (Å²) in [6.45, 7) is 4.37. The van der Waals surface area contributed by atoms with Crippen molar-refractivity contribution in [1.29, 1.82) is 0 Å². The number of rotatable bonds is 5. The van der Waals surface area contributed by atoms with E-state index in [1.165, 1.54) is 13.8 Å². The van der Waals surface area contributed by atoms with E-state index in [1.807, 2.05) is 0 Å². The van der Waals surface area contributed by atoms with Gasteiger partial charge in [0.1, 0.15) is 0 Å². The molecule has 102 valence electrons. The molecule has 1 unspecified atom stereocenters. The van der Waals surface area contributed by atoms with E-state index < -0.39 is 23.2 Å². The van der Waals surface area contributed by atoms with Gasteiger partial charge in [0.15, 0.2) is 11.3 Å². The third kappa shape index (κ3) is 3.40. The minimum Gasteiger partial charge on any atom is -0.464 e. The largest absolute Gasteiger partial charge is 0.464 e. The Hall–Kier alpha value is -2.17. The van der Waals surface area contributed by atoms with Crippen LogP contribution < -0.4 is 5.32 Å². The Labute approximate surface area is 111 Å². The second-order valence-electron chi connectivity index (χ2n) is 4.22. The first-order valence-corrected chi connectivity index (χ1v) is 5.97. The Balaban J connectivity index is 3.13. The number of carbonyl (C=O) groups excluding carboxylic acids is 3. The summed E-state index contributed by atoms with van der Waals surface area (Å²) < 4.78 is 4.88. The maximum absolute atomic E-state index is 12.4. The molecular formula is C14H17NO4. The SMILES string of the molecule is CCOC(=O)C(C)(NC(C)=O)C(=O)c1ccccc1. The molecule has 0 fully saturated rings. The van der Waals surface area contributed by atoms with E-state index >= 15 is 0 Å². The normalized spacial score (nSPS) is 13.2. The van der Waals surface area contributed by atoms with Crippen LogP contribution in [0.25, 0.3) is 0 Å². The third-order valence-corrected chi connectivity index (χ3v) is 2.60. The van der Waals surface area contributed by atoms with Gasteiger partial charge in [-0.15, -0.1) is 0 Å². The highest BCUT2D eigenvalue weighted by Crippen LogP contribution is 2.15. The zero-order valence-corrected chi connectivity index (χ0v) is 11.2. The molecule has 19 heavy (non-hydrogen) atoms. The van der Waals surface area contributed by atoms with Crippen molar-refractivity contribution < 1.29 is 19.1 Å². The number of esters is 1. The molecule has 1 aromatic carbocycles. The molecule has 0 saturated carbocycles. The molecule has 1 N–H and O–H groups in total. The van der Waals surface area contributed by atoms with Gasteiger partial charge in [0.25, 0.3) is 0 Å². The van der Waals surface area contributed by atoms with Gasteiger partial charge < -0.3 is 10.1 Å². The molecule has 0 saturated heterocycles. The van der Waals surface area contributed by atoms with Crippen molar-refractivity contribution in [2.24, 2.45) is 0 Å². The Morgan fingerprint density at radius 3 is 2.26 bits per heavy atom. The first kappa shape index (κ1) is 14.9. The van der Waals surface area contributed by atoms with Gasteiger partial charge in [-0.1, -0.05) is 30.3 Å². The van der Waals surface area contributed by atoms with Crippen molar-refractivity contribution in [3.63, 3.8) is 0 Å². The van der Waals surface area contributed by atoms with E-state index in [1.54, 1.807) is 37.3 Å². The summed E-state index contributed by atoms with van der Waals surface area (Å²) >= 11 is 0. The van der Waals surface area contributed by atoms with Crippen molar-refractivity contribution in [3.8, 4) is 0 Å². The molecule has 5 heteroatoms. The van der Waals surface area contributed by atoms with Gasteiger partial charge >= 0.3 is 5.97 Å². The Morgan fingerprint density at radius 1 is 1.21 bits per heavy atom. The summed E-state index contributed by atoms with van der Waals surface area (Å²) in [7, 11) is 0. The number of ether oxygens (including phenoxy) is 1. The Morgan fingerprint density at radius 2 is 1.79 bits per heavy atom. The summed E-state index contributed by atoms with van der Waals surface area (Å²) in [6, 6.07) is 8.30. The number of ketones is 1. The van der Waals surface area contributed by atoms with Gasteiger partial charge in [-0.3, -0.25) is 9.59 Å². The highest BCUT2D eigenvalue weighted by atomic mass is 16.5. The minimum atomic E-state index is -1.71. The number of carbonyl (C=O) groups is 3. The smallest absolute Gasteiger partial charge is 0.339 e. The second kappa shape index (κ2) is 6.13. The summed E-state index contributed by atoms with van der Waals surface area (Å²) in [6.07, 6.45) is 0. The highest BCUT2D eigenvalue weighted by Gasteiger charge is 2.43. The van der Waals surface area contributed by atoms with Gasteiger partial charge in [-0.05, 0) is 13.8 Å². The van der Waals surface area contributed by atoms with Crippen molar-refractivity contribution in [2.75, 3.05) is 6.61 Å². The highest BCUT2D eigenvalue weighted by molar-refractivity contribution is 6.17.